The number of rotatable bonds is 12. The number of β-amino-alcohol motifs (C(OH)–C–C–N with tert-alkyl or cyclic N) is 1. The summed E-state index contributed by atoms with van der Waals surface area (Å²) in [5.74, 6) is -0.132. The molecule has 0 unspecified atom stereocenters. The van der Waals surface area contributed by atoms with Crippen molar-refractivity contribution in [1.82, 2.24) is 45.1 Å². The zero-order chi connectivity index (χ0) is 44.2. The summed E-state index contributed by atoms with van der Waals surface area (Å²) in [7, 11) is 0. The van der Waals surface area contributed by atoms with Crippen molar-refractivity contribution >= 4 is 40.1 Å². The molecule has 64 heavy (non-hydrogen) atoms. The van der Waals surface area contributed by atoms with Crippen molar-refractivity contribution in [2.75, 3.05) is 24.5 Å². The number of nitrogens with one attached hydrogen (secondary N) is 1. The molecule has 5 atom stereocenters. The molecular formula is C48H50N10O5S. The predicted octanol–water partition coefficient (Wildman–Crippen LogP) is 7.59. The van der Waals surface area contributed by atoms with E-state index in [0.29, 0.717) is 40.3 Å². The smallest absolute Gasteiger partial charge is 0.243 e. The van der Waals surface area contributed by atoms with Crippen LogP contribution in [0.25, 0.3) is 44.0 Å². The number of aryl methyl sites for hydroxylation is 1. The Bertz CT molecular complexity index is 2830. The molecule has 7 aromatic rings. The van der Waals surface area contributed by atoms with E-state index in [0.717, 1.165) is 65.1 Å². The second kappa shape index (κ2) is 16.9. The number of phenols is 1. The number of thiazole rings is 1. The van der Waals surface area contributed by atoms with Crippen LogP contribution in [-0.4, -0.2) is 93.6 Å². The third-order valence-electron chi connectivity index (χ3n) is 12.9. The Kier molecular flexibility index (Phi) is 10.9. The van der Waals surface area contributed by atoms with E-state index < -0.39 is 18.1 Å². The standard InChI is InChI=1S/C48H50N10O5S/c1-26(2)44(47(62)57-24-34(59)17-41(57)46(61)52-27(3)29-9-11-30(12-10-29)45-28(4)51-25-64-45)43-20-36(55-63-43)32-21-49-48(50-22-32)56-16-15-31(23-56)39-19-38-40(58(39)33-13-14-33)18-37(53-54-38)35-7-5-6-8-42(35)60/h5-12,18-22,25-27,31,33-34,41,44,59-60H,13-17,23-24H2,1-4H3,(H,52,61)/t27-,31+,34+,41-,44-/m0/s1. The number of fused-ring (bicyclic) bond motifs is 1. The average Bonchev–Trinajstić information content (AvgIpc) is 3.81. The molecule has 7 heterocycles. The van der Waals surface area contributed by atoms with Crippen LogP contribution in [0.3, 0.4) is 0 Å². The Morgan fingerprint density at radius 1 is 0.906 bits per heavy atom. The summed E-state index contributed by atoms with van der Waals surface area (Å²) in [6.07, 6.45) is 5.93. The molecule has 2 amide bonds. The van der Waals surface area contributed by atoms with Gasteiger partial charge in [0.2, 0.25) is 17.8 Å². The van der Waals surface area contributed by atoms with E-state index in [1.165, 1.54) is 10.6 Å². The molecule has 3 N–H and O–H groups in total. The summed E-state index contributed by atoms with van der Waals surface area (Å²) in [6, 6.07) is 20.5. The minimum atomic E-state index is -0.840. The highest BCUT2D eigenvalue weighted by Gasteiger charge is 2.44. The topological polar surface area (TPSA) is 189 Å². The van der Waals surface area contributed by atoms with Gasteiger partial charge in [-0.25, -0.2) is 15.0 Å². The van der Waals surface area contributed by atoms with Crippen LogP contribution in [0.2, 0.25) is 0 Å². The summed E-state index contributed by atoms with van der Waals surface area (Å²) in [5, 5.41) is 37.7. The minimum Gasteiger partial charge on any atom is -0.507 e. The number of carbonyl (C=O) groups is 2. The summed E-state index contributed by atoms with van der Waals surface area (Å²) in [6.45, 7) is 9.34. The molecule has 15 nitrogen and oxygen atoms in total. The molecule has 0 bridgehead atoms. The van der Waals surface area contributed by atoms with Crippen molar-refractivity contribution in [2.24, 2.45) is 5.92 Å². The fourth-order valence-electron chi connectivity index (χ4n) is 9.40. The molecule has 5 aromatic heterocycles. The maximum Gasteiger partial charge on any atom is 0.243 e. The lowest BCUT2D eigenvalue weighted by Crippen LogP contribution is -2.48. The first-order valence-electron chi connectivity index (χ1n) is 22.0. The van der Waals surface area contributed by atoms with Crippen molar-refractivity contribution in [3.8, 4) is 38.7 Å². The van der Waals surface area contributed by atoms with E-state index in [9.17, 15) is 19.8 Å². The molecule has 2 aliphatic heterocycles. The maximum atomic E-state index is 14.3. The van der Waals surface area contributed by atoms with E-state index >= 15 is 0 Å². The largest absolute Gasteiger partial charge is 0.507 e. The fraction of sp³-hybridized carbons (Fsp3) is 0.375. The number of likely N-dealkylation sites (tertiary alicyclic amines) is 1. The number of benzene rings is 2. The Morgan fingerprint density at radius 2 is 1.69 bits per heavy atom. The molecule has 328 valence electrons. The van der Waals surface area contributed by atoms with Crippen LogP contribution in [-0.2, 0) is 9.59 Å². The van der Waals surface area contributed by atoms with Crippen LogP contribution in [0.5, 0.6) is 5.75 Å². The van der Waals surface area contributed by atoms with Gasteiger partial charge >= 0.3 is 0 Å². The van der Waals surface area contributed by atoms with Gasteiger partial charge in [0.15, 0.2) is 0 Å². The van der Waals surface area contributed by atoms with Gasteiger partial charge in [-0.3, -0.25) is 9.59 Å². The number of hydrogen-bond donors (Lipinski definition) is 3. The third-order valence-corrected chi connectivity index (χ3v) is 13.9. The quantitative estimate of drug-likeness (QED) is 0.109. The molecule has 2 aromatic carbocycles. The van der Waals surface area contributed by atoms with Gasteiger partial charge in [0, 0.05) is 73.3 Å². The highest BCUT2D eigenvalue weighted by atomic mass is 32.1. The van der Waals surface area contributed by atoms with Gasteiger partial charge in [0.05, 0.1) is 39.4 Å². The van der Waals surface area contributed by atoms with Crippen molar-refractivity contribution in [3.63, 3.8) is 0 Å². The fourth-order valence-corrected chi connectivity index (χ4v) is 10.2. The second-order valence-corrected chi connectivity index (χ2v) is 18.6. The van der Waals surface area contributed by atoms with Crippen LogP contribution < -0.4 is 10.2 Å². The second-order valence-electron chi connectivity index (χ2n) is 17.7. The van der Waals surface area contributed by atoms with E-state index in [2.05, 4.69) is 41.2 Å². The maximum absolute atomic E-state index is 14.3. The highest BCUT2D eigenvalue weighted by Crippen LogP contribution is 2.44. The average molecular weight is 879 g/mol. The number of carbonyl (C=O) groups excluding carboxylic acids is 2. The van der Waals surface area contributed by atoms with Gasteiger partial charge in [-0.2, -0.15) is 0 Å². The van der Waals surface area contributed by atoms with Crippen LogP contribution in [0, 0.1) is 12.8 Å². The Morgan fingerprint density at radius 3 is 2.41 bits per heavy atom. The molecule has 3 aliphatic rings. The lowest BCUT2D eigenvalue weighted by atomic mass is 9.91. The van der Waals surface area contributed by atoms with Crippen molar-refractivity contribution in [2.45, 2.75) is 89.4 Å². The SMILES string of the molecule is Cc1ncsc1-c1ccc([C@H](C)NC(=O)[C@@H]2C[C@@H](O)CN2C(=O)[C@H](c2cc(-c3cnc(N4CC[C@@H](c5cc6nnc(-c7ccccc7O)cc6n5C5CC5)C4)nc3)no2)C(C)C)cc1. The zero-order valence-electron chi connectivity index (χ0n) is 36.1. The Hall–Kier alpha value is -6.52. The van der Waals surface area contributed by atoms with E-state index in [1.807, 2.05) is 75.7 Å². The lowest BCUT2D eigenvalue weighted by Gasteiger charge is -2.29. The van der Waals surface area contributed by atoms with E-state index in [4.69, 9.17) is 14.5 Å². The first kappa shape index (κ1) is 41.5. The van der Waals surface area contributed by atoms with E-state index in [1.54, 1.807) is 41.9 Å². The number of phenolic OH excluding ortho intramolecular Hbond substituents is 1. The number of amides is 2. The first-order chi connectivity index (χ1) is 31.0. The summed E-state index contributed by atoms with van der Waals surface area (Å²) in [5.41, 5.74) is 10.4. The normalized spacial score (nSPS) is 19.8. The first-order valence-corrected chi connectivity index (χ1v) is 22.9. The summed E-state index contributed by atoms with van der Waals surface area (Å²) in [4.78, 5) is 46.8. The zero-order valence-corrected chi connectivity index (χ0v) is 36.9. The van der Waals surface area contributed by atoms with E-state index in [-0.39, 0.29) is 48.4 Å². The lowest BCUT2D eigenvalue weighted by molar-refractivity contribution is -0.141. The molecule has 1 aliphatic carbocycles. The minimum absolute atomic E-state index is 0.0442. The van der Waals surface area contributed by atoms with Crippen LogP contribution in [0.4, 0.5) is 5.95 Å². The number of aromatic hydroxyl groups is 1. The van der Waals surface area contributed by atoms with Crippen LogP contribution >= 0.6 is 11.3 Å². The number of hydrogen-bond acceptors (Lipinski definition) is 13. The summed E-state index contributed by atoms with van der Waals surface area (Å²) < 4.78 is 8.28. The highest BCUT2D eigenvalue weighted by molar-refractivity contribution is 7.13. The Balaban J connectivity index is 0.807. The molecular weight excluding hydrogens is 829 g/mol. The molecule has 3 fully saturated rings. The molecule has 16 heteroatoms. The predicted molar refractivity (Wildman–Crippen MR) is 243 cm³/mol. The number of para-hydroxylation sites is 1. The number of aliphatic hydroxyl groups excluding tert-OH is 1. The molecule has 10 rings (SSSR count). The molecule has 0 spiro atoms. The monoisotopic (exact) mass is 878 g/mol. The summed E-state index contributed by atoms with van der Waals surface area (Å²) >= 11 is 1.59. The van der Waals surface area contributed by atoms with Gasteiger partial charge in [-0.15, -0.1) is 21.5 Å². The van der Waals surface area contributed by atoms with Crippen LogP contribution in [0.1, 0.15) is 93.1 Å². The molecule has 0 radical (unpaired) electrons. The van der Waals surface area contributed by atoms with Gasteiger partial charge in [-0.1, -0.05) is 55.4 Å². The van der Waals surface area contributed by atoms with Crippen molar-refractivity contribution in [1.29, 1.82) is 0 Å². The number of anilines is 1. The number of aromatic nitrogens is 7. The van der Waals surface area contributed by atoms with Gasteiger partial charge in [0.25, 0.3) is 0 Å². The number of nitrogens with zero attached hydrogens (tertiary/aromatic N) is 9. The number of aliphatic hydroxyl groups is 1. The van der Waals surface area contributed by atoms with Gasteiger partial charge in [0.1, 0.15) is 34.7 Å². The molecule has 2 saturated heterocycles. The van der Waals surface area contributed by atoms with Crippen molar-refractivity contribution < 1.29 is 24.3 Å². The molecule has 1 saturated carbocycles. The third kappa shape index (κ3) is 7.89. The van der Waals surface area contributed by atoms with Crippen LogP contribution in [0.15, 0.2) is 89.2 Å². The van der Waals surface area contributed by atoms with Crippen molar-refractivity contribution in [3.05, 3.63) is 107 Å². The Labute approximate surface area is 374 Å². The van der Waals surface area contributed by atoms with Gasteiger partial charge < -0.3 is 34.4 Å². The van der Waals surface area contributed by atoms with Gasteiger partial charge in [-0.05, 0) is 74.4 Å².